The Hall–Kier alpha value is -2.36. The number of alkyl halides is 3. The van der Waals surface area contributed by atoms with Gasteiger partial charge in [-0.05, 0) is 31.2 Å². The fourth-order valence-corrected chi connectivity index (χ4v) is 2.35. The Balaban J connectivity index is 2.47. The molecule has 0 aliphatic carbocycles. The Morgan fingerprint density at radius 2 is 1.91 bits per heavy atom. The standard InChI is InChI=1S/C13H11F3N2O4S/c1-7-10(12(19)18-23(2,20)21)6-8-5-9(22-13(14,15)16)3-4-11(8)17-7/h3-6H,1-2H3,(H,18,19). The van der Waals surface area contributed by atoms with Gasteiger partial charge in [-0.2, -0.15) is 0 Å². The van der Waals surface area contributed by atoms with E-state index < -0.39 is 28.0 Å². The van der Waals surface area contributed by atoms with Gasteiger partial charge in [0.1, 0.15) is 5.75 Å². The van der Waals surface area contributed by atoms with Crippen molar-refractivity contribution in [1.29, 1.82) is 0 Å². The fourth-order valence-electron chi connectivity index (χ4n) is 1.90. The molecule has 0 unspecified atom stereocenters. The molecule has 0 bridgehead atoms. The quantitative estimate of drug-likeness (QED) is 0.918. The van der Waals surface area contributed by atoms with E-state index in [4.69, 9.17) is 0 Å². The number of ether oxygens (including phenoxy) is 1. The number of aromatic nitrogens is 1. The number of benzene rings is 1. The van der Waals surface area contributed by atoms with Crippen molar-refractivity contribution in [1.82, 2.24) is 9.71 Å². The Labute approximate surface area is 129 Å². The van der Waals surface area contributed by atoms with Crippen LogP contribution in [0.1, 0.15) is 16.1 Å². The van der Waals surface area contributed by atoms with Crippen LogP contribution in [-0.4, -0.2) is 31.9 Å². The maximum absolute atomic E-state index is 12.2. The van der Waals surface area contributed by atoms with E-state index in [2.05, 4.69) is 9.72 Å². The second kappa shape index (κ2) is 5.69. The van der Waals surface area contributed by atoms with Gasteiger partial charge in [-0.15, -0.1) is 13.2 Å². The largest absolute Gasteiger partial charge is 0.573 e. The maximum Gasteiger partial charge on any atom is 0.573 e. The third-order valence-corrected chi connectivity index (χ3v) is 3.29. The number of carbonyl (C=O) groups excluding carboxylic acids is 1. The first-order valence-corrected chi connectivity index (χ1v) is 8.03. The van der Waals surface area contributed by atoms with E-state index in [9.17, 15) is 26.4 Å². The first-order valence-electron chi connectivity index (χ1n) is 6.14. The lowest BCUT2D eigenvalue weighted by atomic mass is 10.1. The number of rotatable bonds is 3. The third kappa shape index (κ3) is 4.55. The van der Waals surface area contributed by atoms with Crippen LogP contribution in [0.4, 0.5) is 13.2 Å². The molecule has 0 spiro atoms. The topological polar surface area (TPSA) is 85.4 Å². The molecule has 2 rings (SSSR count). The molecule has 1 amide bonds. The summed E-state index contributed by atoms with van der Waals surface area (Å²) in [5, 5.41) is 0.205. The lowest BCUT2D eigenvalue weighted by Crippen LogP contribution is -2.30. The first kappa shape index (κ1) is 17.0. The van der Waals surface area contributed by atoms with Crippen LogP contribution in [0.25, 0.3) is 10.9 Å². The van der Waals surface area contributed by atoms with Gasteiger partial charge in [-0.3, -0.25) is 9.78 Å². The van der Waals surface area contributed by atoms with Crippen LogP contribution < -0.4 is 9.46 Å². The first-order chi connectivity index (χ1) is 10.4. The van der Waals surface area contributed by atoms with E-state index in [1.165, 1.54) is 19.1 Å². The Kier molecular flexibility index (Phi) is 4.20. The van der Waals surface area contributed by atoms with Crippen LogP contribution in [-0.2, 0) is 10.0 Å². The Morgan fingerprint density at radius 3 is 2.48 bits per heavy atom. The van der Waals surface area contributed by atoms with E-state index in [0.29, 0.717) is 5.52 Å². The van der Waals surface area contributed by atoms with Gasteiger partial charge in [-0.1, -0.05) is 0 Å². The molecule has 6 nitrogen and oxygen atoms in total. The van der Waals surface area contributed by atoms with Gasteiger partial charge in [0.25, 0.3) is 5.91 Å². The minimum Gasteiger partial charge on any atom is -0.406 e. The second-order valence-electron chi connectivity index (χ2n) is 4.73. The van der Waals surface area contributed by atoms with Crippen molar-refractivity contribution in [3.8, 4) is 5.75 Å². The molecule has 2 aromatic rings. The van der Waals surface area contributed by atoms with Crippen molar-refractivity contribution < 1.29 is 31.1 Å². The zero-order valence-electron chi connectivity index (χ0n) is 11.9. The van der Waals surface area contributed by atoms with E-state index in [1.54, 1.807) is 4.72 Å². The van der Waals surface area contributed by atoms with Crippen molar-refractivity contribution in [2.75, 3.05) is 6.26 Å². The molecule has 1 heterocycles. The van der Waals surface area contributed by atoms with Crippen molar-refractivity contribution >= 4 is 26.8 Å². The molecule has 0 radical (unpaired) electrons. The SMILES string of the molecule is Cc1nc2ccc(OC(F)(F)F)cc2cc1C(=O)NS(C)(=O)=O. The predicted molar refractivity (Wildman–Crippen MR) is 75.5 cm³/mol. The molecular weight excluding hydrogens is 337 g/mol. The van der Waals surface area contributed by atoms with Crippen LogP contribution in [0, 0.1) is 6.92 Å². The highest BCUT2D eigenvalue weighted by atomic mass is 32.2. The lowest BCUT2D eigenvalue weighted by molar-refractivity contribution is -0.274. The summed E-state index contributed by atoms with van der Waals surface area (Å²) in [4.78, 5) is 16.0. The molecule has 0 saturated heterocycles. The monoisotopic (exact) mass is 348 g/mol. The third-order valence-electron chi connectivity index (χ3n) is 2.73. The van der Waals surface area contributed by atoms with E-state index in [0.717, 1.165) is 18.4 Å². The number of fused-ring (bicyclic) bond motifs is 1. The molecular formula is C13H11F3N2O4S. The molecule has 0 aliphatic heterocycles. The zero-order valence-corrected chi connectivity index (χ0v) is 12.7. The fraction of sp³-hybridized carbons (Fsp3) is 0.231. The molecule has 23 heavy (non-hydrogen) atoms. The van der Waals surface area contributed by atoms with E-state index in [1.807, 2.05) is 0 Å². The molecule has 1 aromatic heterocycles. The smallest absolute Gasteiger partial charge is 0.406 e. The van der Waals surface area contributed by atoms with Gasteiger partial charge in [0.15, 0.2) is 0 Å². The average molecular weight is 348 g/mol. The summed E-state index contributed by atoms with van der Waals surface area (Å²) in [6.07, 6.45) is -4.04. The highest BCUT2D eigenvalue weighted by Crippen LogP contribution is 2.27. The number of nitrogens with zero attached hydrogens (tertiary/aromatic N) is 1. The molecule has 1 N–H and O–H groups in total. The summed E-state index contributed by atoms with van der Waals surface area (Å²) in [7, 11) is -3.77. The summed E-state index contributed by atoms with van der Waals surface area (Å²) in [6, 6.07) is 4.72. The van der Waals surface area contributed by atoms with Crippen molar-refractivity contribution in [3.05, 3.63) is 35.5 Å². The molecule has 1 aromatic carbocycles. The summed E-state index contributed by atoms with van der Waals surface area (Å²) in [5.74, 6) is -1.38. The number of sulfonamides is 1. The van der Waals surface area contributed by atoms with Gasteiger partial charge in [-0.25, -0.2) is 13.1 Å². The number of hydrogen-bond acceptors (Lipinski definition) is 5. The van der Waals surface area contributed by atoms with Crippen LogP contribution in [0.5, 0.6) is 5.75 Å². The van der Waals surface area contributed by atoms with Crippen molar-refractivity contribution in [2.24, 2.45) is 0 Å². The van der Waals surface area contributed by atoms with Crippen LogP contribution in [0.15, 0.2) is 24.3 Å². The maximum atomic E-state index is 12.2. The summed E-state index contributed by atoms with van der Waals surface area (Å²) >= 11 is 0. The summed E-state index contributed by atoms with van der Waals surface area (Å²) < 4.78 is 64.5. The second-order valence-corrected chi connectivity index (χ2v) is 6.48. The Bertz CT molecular complexity index is 879. The molecule has 0 atom stereocenters. The summed E-state index contributed by atoms with van der Waals surface area (Å²) in [5.41, 5.74) is 0.517. The van der Waals surface area contributed by atoms with Crippen molar-refractivity contribution in [2.45, 2.75) is 13.3 Å². The number of carbonyl (C=O) groups is 1. The minimum atomic E-state index is -4.84. The number of halogens is 3. The number of aryl methyl sites for hydroxylation is 1. The predicted octanol–water partition coefficient (Wildman–Crippen LogP) is 2.13. The highest BCUT2D eigenvalue weighted by molar-refractivity contribution is 7.89. The lowest BCUT2D eigenvalue weighted by Gasteiger charge is -2.11. The molecule has 0 saturated carbocycles. The highest BCUT2D eigenvalue weighted by Gasteiger charge is 2.31. The van der Waals surface area contributed by atoms with Crippen molar-refractivity contribution in [3.63, 3.8) is 0 Å². The van der Waals surface area contributed by atoms with Gasteiger partial charge in [0.2, 0.25) is 10.0 Å². The summed E-state index contributed by atoms with van der Waals surface area (Å²) in [6.45, 7) is 1.48. The zero-order chi connectivity index (χ0) is 17.4. The van der Waals surface area contributed by atoms with Gasteiger partial charge >= 0.3 is 6.36 Å². The van der Waals surface area contributed by atoms with Gasteiger partial charge < -0.3 is 4.74 Å². The number of pyridine rings is 1. The average Bonchev–Trinajstić information content (AvgIpc) is 2.34. The molecule has 10 heteroatoms. The van der Waals surface area contributed by atoms with E-state index in [-0.39, 0.29) is 16.6 Å². The molecule has 124 valence electrons. The molecule has 0 fully saturated rings. The minimum absolute atomic E-state index is 0.0629. The normalized spacial score (nSPS) is 12.2. The van der Waals surface area contributed by atoms with Crippen LogP contribution in [0.3, 0.4) is 0 Å². The number of hydrogen-bond donors (Lipinski definition) is 1. The Morgan fingerprint density at radius 1 is 1.26 bits per heavy atom. The van der Waals surface area contributed by atoms with E-state index >= 15 is 0 Å². The van der Waals surface area contributed by atoms with Gasteiger partial charge in [0.05, 0.1) is 23.0 Å². The van der Waals surface area contributed by atoms with Crippen LogP contribution in [0.2, 0.25) is 0 Å². The van der Waals surface area contributed by atoms with Crippen LogP contribution >= 0.6 is 0 Å². The number of nitrogens with one attached hydrogen (secondary N) is 1. The van der Waals surface area contributed by atoms with Gasteiger partial charge in [0, 0.05) is 5.39 Å². The molecule has 0 aliphatic rings. The number of amides is 1.